The predicted octanol–water partition coefficient (Wildman–Crippen LogP) is 4.58. The second kappa shape index (κ2) is 15.6. The SMILES string of the molecule is CNCP(CNC)(CNC)=NP(=NC(C)(C)C)(N=P(C)(N(C)C)N(C)C)N=P(CNC)(N(C)C)N(C)C. The molecule has 0 fully saturated rings. The highest BCUT2D eigenvalue weighted by Crippen LogP contribution is 2.76. The minimum atomic E-state index is -3.00. The van der Waals surface area contributed by atoms with E-state index in [0.717, 1.165) is 18.9 Å². The summed E-state index contributed by atoms with van der Waals surface area (Å²) < 4.78 is 31.9. The van der Waals surface area contributed by atoms with Crippen LogP contribution in [0.15, 0.2) is 18.3 Å². The smallest absolute Gasteiger partial charge is 0.301 e. The maximum atomic E-state index is 5.83. The molecule has 16 heteroatoms. The van der Waals surface area contributed by atoms with E-state index < -0.39 is 29.3 Å². The molecule has 0 spiro atoms. The molecule has 0 saturated heterocycles. The summed E-state index contributed by atoms with van der Waals surface area (Å²) in [5.74, 6) is 0. The molecule has 0 rings (SSSR count). The Morgan fingerprint density at radius 3 is 1.22 bits per heavy atom. The fourth-order valence-corrected chi connectivity index (χ4v) is 20.1. The van der Waals surface area contributed by atoms with Crippen LogP contribution < -0.4 is 21.3 Å². The molecule has 0 aliphatic heterocycles. The van der Waals surface area contributed by atoms with Crippen LogP contribution in [0.3, 0.4) is 0 Å². The van der Waals surface area contributed by atoms with Crippen LogP contribution in [0.5, 0.6) is 0 Å². The van der Waals surface area contributed by atoms with Crippen molar-refractivity contribution in [2.45, 2.75) is 26.3 Å². The molecule has 12 nitrogen and oxygen atoms in total. The minimum Gasteiger partial charge on any atom is -0.314 e. The molecule has 0 heterocycles. The van der Waals surface area contributed by atoms with E-state index in [9.17, 15) is 0 Å². The third-order valence-corrected chi connectivity index (χ3v) is 22.6. The second-order valence-corrected chi connectivity index (χ2v) is 24.4. The van der Waals surface area contributed by atoms with Gasteiger partial charge in [-0.3, -0.25) is 18.7 Å². The number of hydrogen-bond acceptors (Lipinski definition) is 5. The van der Waals surface area contributed by atoms with Crippen LogP contribution in [0.4, 0.5) is 0 Å². The standard InChI is InChI=1S/C21H60N12P4/c1-21(2,3)26-37(27-34(16,30(8)9)31(10)11,28-35(17-22-4,18-23-5)19-24-6)29-36(20-25-7,32(12)13)33(14)15/h22-25H,17-20H2,1-16H3. The Labute approximate surface area is 230 Å². The molecule has 0 aromatic carbocycles. The Bertz CT molecular complexity index is 871. The van der Waals surface area contributed by atoms with E-state index in [0.29, 0.717) is 6.29 Å². The topological polar surface area (TPSA) is 111 Å². The zero-order chi connectivity index (χ0) is 29.3. The number of nitrogens with one attached hydrogen (secondary N) is 4. The van der Waals surface area contributed by atoms with Crippen LogP contribution in [0.1, 0.15) is 20.8 Å². The monoisotopic (exact) mass is 604 g/mol. The highest BCUT2D eigenvalue weighted by molar-refractivity contribution is 7.82. The first-order valence-corrected chi connectivity index (χ1v) is 20.5. The van der Waals surface area contributed by atoms with Gasteiger partial charge in [-0.25, -0.2) is 9.26 Å². The molecule has 0 aliphatic carbocycles. The Hall–Kier alpha value is 0.600. The molecule has 0 aliphatic rings. The lowest BCUT2D eigenvalue weighted by Gasteiger charge is -2.40. The summed E-state index contributed by atoms with van der Waals surface area (Å²) in [4.78, 5) is 0. The van der Waals surface area contributed by atoms with E-state index in [4.69, 9.17) is 18.3 Å². The van der Waals surface area contributed by atoms with Gasteiger partial charge in [0.15, 0.2) is 0 Å². The largest absolute Gasteiger partial charge is 0.314 e. The molecule has 4 N–H and O–H groups in total. The minimum absolute atomic E-state index is 0.379. The highest BCUT2D eigenvalue weighted by atomic mass is 31.2. The summed E-state index contributed by atoms with van der Waals surface area (Å²) >= 11 is 0. The Kier molecular flexibility index (Phi) is 15.8. The quantitative estimate of drug-likeness (QED) is 0.201. The first-order valence-electron chi connectivity index (χ1n) is 12.6. The molecule has 224 valence electrons. The van der Waals surface area contributed by atoms with E-state index in [1.54, 1.807) is 0 Å². The molecule has 1 unspecified atom stereocenters. The van der Waals surface area contributed by atoms with Crippen molar-refractivity contribution in [3.63, 3.8) is 0 Å². The van der Waals surface area contributed by atoms with E-state index in [-0.39, 0.29) is 5.54 Å². The lowest BCUT2D eigenvalue weighted by atomic mass is 10.1. The van der Waals surface area contributed by atoms with Crippen LogP contribution in [0, 0.1) is 0 Å². The Morgan fingerprint density at radius 1 is 0.568 bits per heavy atom. The molecule has 0 bridgehead atoms. The fraction of sp³-hybridized carbons (Fsp3) is 1.00. The number of hydrogen-bond donors (Lipinski definition) is 4. The molecule has 0 saturated carbocycles. The molecule has 0 aromatic rings. The third kappa shape index (κ3) is 10.5. The predicted molar refractivity (Wildman–Crippen MR) is 174 cm³/mol. The van der Waals surface area contributed by atoms with Crippen molar-refractivity contribution < 1.29 is 0 Å². The summed E-state index contributed by atoms with van der Waals surface area (Å²) in [6.45, 7) is 8.66. The van der Waals surface area contributed by atoms with Gasteiger partial charge in [0.2, 0.25) is 0 Å². The second-order valence-electron chi connectivity index (χ2n) is 11.2. The van der Waals surface area contributed by atoms with Gasteiger partial charge >= 0.3 is 7.51 Å². The zero-order valence-corrected chi connectivity index (χ0v) is 30.3. The van der Waals surface area contributed by atoms with Gasteiger partial charge in [0.05, 0.1) is 11.8 Å². The normalized spacial score (nSPS) is 15.5. The van der Waals surface area contributed by atoms with Crippen molar-refractivity contribution >= 4 is 29.3 Å². The molecule has 1 atom stereocenters. The van der Waals surface area contributed by atoms with Crippen LogP contribution in [-0.2, 0) is 0 Å². The first-order chi connectivity index (χ1) is 16.8. The van der Waals surface area contributed by atoms with Gasteiger partial charge in [-0.1, -0.05) is 0 Å². The summed E-state index contributed by atoms with van der Waals surface area (Å²) in [5.41, 5.74) is -0.379. The van der Waals surface area contributed by atoms with Gasteiger partial charge in [-0.05, 0) is 112 Å². The molecular weight excluding hydrogens is 544 g/mol. The maximum absolute atomic E-state index is 5.83. The summed E-state index contributed by atoms with van der Waals surface area (Å²) in [7, 11) is 15.5. The Morgan fingerprint density at radius 2 is 0.946 bits per heavy atom. The summed E-state index contributed by atoms with van der Waals surface area (Å²) in [6.07, 6.45) is 3.05. The van der Waals surface area contributed by atoms with E-state index in [1.165, 1.54) is 0 Å². The highest BCUT2D eigenvalue weighted by Gasteiger charge is 2.36. The third-order valence-electron chi connectivity index (χ3n) is 5.82. The van der Waals surface area contributed by atoms with Crippen LogP contribution >= 0.6 is 29.3 Å². The van der Waals surface area contributed by atoms with Gasteiger partial charge in [0.1, 0.15) is 14.7 Å². The number of nitrogens with zero attached hydrogens (tertiary/aromatic N) is 8. The zero-order valence-electron chi connectivity index (χ0n) is 26.7. The van der Waals surface area contributed by atoms with E-state index in [2.05, 4.69) is 124 Å². The van der Waals surface area contributed by atoms with E-state index in [1.807, 2.05) is 28.2 Å². The van der Waals surface area contributed by atoms with Gasteiger partial charge in [-0.15, -0.1) is 0 Å². The average Bonchev–Trinajstić information content (AvgIpc) is 2.71. The van der Waals surface area contributed by atoms with E-state index >= 15 is 0 Å². The van der Waals surface area contributed by atoms with Gasteiger partial charge < -0.3 is 21.3 Å². The van der Waals surface area contributed by atoms with Crippen molar-refractivity contribution in [3.8, 4) is 0 Å². The van der Waals surface area contributed by atoms with Gasteiger partial charge in [0, 0.05) is 25.9 Å². The Balaban J connectivity index is 8.74. The van der Waals surface area contributed by atoms with Crippen molar-refractivity contribution in [3.05, 3.63) is 0 Å². The van der Waals surface area contributed by atoms with Crippen molar-refractivity contribution in [2.75, 3.05) is 116 Å². The van der Waals surface area contributed by atoms with Crippen LogP contribution in [0.2, 0.25) is 0 Å². The molecule has 0 amide bonds. The molecule has 37 heavy (non-hydrogen) atoms. The fourth-order valence-electron chi connectivity index (χ4n) is 3.90. The molecule has 0 aromatic heterocycles. The van der Waals surface area contributed by atoms with Crippen LogP contribution in [0.25, 0.3) is 0 Å². The maximum Gasteiger partial charge on any atom is 0.301 e. The summed E-state index contributed by atoms with van der Waals surface area (Å²) in [6, 6.07) is 0. The number of rotatable bonds is 15. The average molecular weight is 605 g/mol. The van der Waals surface area contributed by atoms with Crippen molar-refractivity contribution in [1.29, 1.82) is 0 Å². The molecular formula is C21H60N12P4. The van der Waals surface area contributed by atoms with Crippen molar-refractivity contribution in [2.24, 2.45) is 18.3 Å². The lowest BCUT2D eigenvalue weighted by molar-refractivity contribution is 0.554. The van der Waals surface area contributed by atoms with Crippen LogP contribution in [-0.4, -0.2) is 141 Å². The van der Waals surface area contributed by atoms with Gasteiger partial charge in [-0.2, -0.15) is 9.03 Å². The van der Waals surface area contributed by atoms with Gasteiger partial charge in [0.25, 0.3) is 0 Å². The molecule has 0 radical (unpaired) electrons. The lowest BCUT2D eigenvalue weighted by Crippen LogP contribution is -2.28. The first kappa shape index (κ1) is 37.6. The summed E-state index contributed by atoms with van der Waals surface area (Å²) in [5, 5.41) is 13.7. The van der Waals surface area contributed by atoms with Crippen molar-refractivity contribution in [1.82, 2.24) is 39.9 Å².